The quantitative estimate of drug-likeness (QED) is 0.750. The molecule has 0 aromatic heterocycles. The Kier molecular flexibility index (Phi) is 5.55. The maximum Gasteiger partial charge on any atom is 0.223 e. The number of rotatable bonds is 8. The maximum atomic E-state index is 12.2. The zero-order valence-corrected chi connectivity index (χ0v) is 14.1. The molecular formula is C19H28N2O2. The number of unbranched alkanes of at least 4 members (excludes halogenated alkanes) is 1. The van der Waals surface area contributed by atoms with E-state index in [0.29, 0.717) is 5.92 Å². The van der Waals surface area contributed by atoms with Crippen LogP contribution in [-0.2, 0) is 4.79 Å². The SMILES string of the molecule is COc1ccc(C2CC2C(=O)NCCCCN2CCCC2)cc1. The van der Waals surface area contributed by atoms with Crippen LogP contribution in [0.4, 0.5) is 0 Å². The zero-order valence-electron chi connectivity index (χ0n) is 14.1. The standard InChI is InChI=1S/C19H28N2O2/c1-23-16-8-6-15(7-9-16)17-14-18(17)19(22)20-10-2-3-11-21-12-4-5-13-21/h6-9,17-18H,2-5,10-14H2,1H3,(H,20,22). The van der Waals surface area contributed by atoms with Gasteiger partial charge in [-0.15, -0.1) is 0 Å². The average Bonchev–Trinajstić information content (AvgIpc) is 3.22. The molecule has 1 aromatic rings. The van der Waals surface area contributed by atoms with Crippen molar-refractivity contribution in [3.8, 4) is 5.75 Å². The van der Waals surface area contributed by atoms with Crippen molar-refractivity contribution < 1.29 is 9.53 Å². The molecule has 1 saturated carbocycles. The first-order chi connectivity index (χ1) is 11.3. The fourth-order valence-corrected chi connectivity index (χ4v) is 3.51. The highest BCUT2D eigenvalue weighted by Gasteiger charge is 2.43. The van der Waals surface area contributed by atoms with Gasteiger partial charge >= 0.3 is 0 Å². The predicted octanol–water partition coefficient (Wildman–Crippen LogP) is 2.79. The van der Waals surface area contributed by atoms with Crippen molar-refractivity contribution in [1.82, 2.24) is 10.2 Å². The number of hydrogen-bond donors (Lipinski definition) is 1. The molecule has 23 heavy (non-hydrogen) atoms. The van der Waals surface area contributed by atoms with Gasteiger partial charge in [0.2, 0.25) is 5.91 Å². The van der Waals surface area contributed by atoms with Crippen LogP contribution >= 0.6 is 0 Å². The Morgan fingerprint density at radius 3 is 2.65 bits per heavy atom. The second-order valence-corrected chi connectivity index (χ2v) is 6.77. The number of ether oxygens (including phenoxy) is 1. The molecule has 4 nitrogen and oxygen atoms in total. The Morgan fingerprint density at radius 1 is 1.22 bits per heavy atom. The zero-order chi connectivity index (χ0) is 16.1. The Hall–Kier alpha value is -1.55. The molecule has 3 rings (SSSR count). The predicted molar refractivity (Wildman–Crippen MR) is 91.8 cm³/mol. The molecule has 2 fully saturated rings. The number of carbonyl (C=O) groups excluding carboxylic acids is 1. The molecule has 2 unspecified atom stereocenters. The molecule has 1 amide bonds. The van der Waals surface area contributed by atoms with Crippen molar-refractivity contribution in [3.63, 3.8) is 0 Å². The fourth-order valence-electron chi connectivity index (χ4n) is 3.51. The lowest BCUT2D eigenvalue weighted by Crippen LogP contribution is -2.27. The number of hydrogen-bond acceptors (Lipinski definition) is 3. The lowest BCUT2D eigenvalue weighted by atomic mass is 10.1. The molecule has 2 atom stereocenters. The monoisotopic (exact) mass is 316 g/mol. The Balaban J connectivity index is 1.31. The van der Waals surface area contributed by atoms with Gasteiger partial charge in [-0.2, -0.15) is 0 Å². The summed E-state index contributed by atoms with van der Waals surface area (Å²) in [6.45, 7) is 4.53. The van der Waals surface area contributed by atoms with Gasteiger partial charge in [-0.05, 0) is 75.4 Å². The minimum Gasteiger partial charge on any atom is -0.497 e. The van der Waals surface area contributed by atoms with Gasteiger partial charge in [0, 0.05) is 12.5 Å². The van der Waals surface area contributed by atoms with Crippen LogP contribution in [0, 0.1) is 5.92 Å². The Bertz CT molecular complexity index is 509. The Morgan fingerprint density at radius 2 is 1.96 bits per heavy atom. The van der Waals surface area contributed by atoms with E-state index in [0.717, 1.165) is 25.1 Å². The first-order valence-electron chi connectivity index (χ1n) is 8.92. The van der Waals surface area contributed by atoms with Crippen molar-refractivity contribution in [1.29, 1.82) is 0 Å². The second kappa shape index (κ2) is 7.82. The summed E-state index contributed by atoms with van der Waals surface area (Å²) in [5.41, 5.74) is 1.25. The van der Waals surface area contributed by atoms with Crippen LogP contribution in [-0.4, -0.2) is 44.1 Å². The third kappa shape index (κ3) is 4.47. The molecule has 1 aromatic carbocycles. The summed E-state index contributed by atoms with van der Waals surface area (Å²) < 4.78 is 5.17. The molecule has 4 heteroatoms. The van der Waals surface area contributed by atoms with Gasteiger partial charge in [-0.1, -0.05) is 12.1 Å². The number of carbonyl (C=O) groups is 1. The third-order valence-corrected chi connectivity index (χ3v) is 5.07. The lowest BCUT2D eigenvalue weighted by Gasteiger charge is -2.14. The highest BCUT2D eigenvalue weighted by Crippen LogP contribution is 2.47. The smallest absolute Gasteiger partial charge is 0.223 e. The van der Waals surface area contributed by atoms with Crippen LogP contribution in [0.1, 0.15) is 43.6 Å². The van der Waals surface area contributed by atoms with Crippen molar-refractivity contribution in [2.45, 2.75) is 38.0 Å². The molecule has 0 radical (unpaired) electrons. The maximum absolute atomic E-state index is 12.2. The van der Waals surface area contributed by atoms with E-state index in [-0.39, 0.29) is 11.8 Å². The highest BCUT2D eigenvalue weighted by molar-refractivity contribution is 5.82. The Labute approximate surface area is 139 Å². The summed E-state index contributed by atoms with van der Waals surface area (Å²) in [6, 6.07) is 8.10. The minimum atomic E-state index is 0.168. The molecule has 126 valence electrons. The van der Waals surface area contributed by atoms with E-state index in [1.165, 1.54) is 44.5 Å². The number of amides is 1. The summed E-state index contributed by atoms with van der Waals surface area (Å²) in [5.74, 6) is 1.66. The molecule has 1 aliphatic carbocycles. The van der Waals surface area contributed by atoms with E-state index in [9.17, 15) is 4.79 Å². The average molecular weight is 316 g/mol. The number of benzene rings is 1. The summed E-state index contributed by atoms with van der Waals surface area (Å²) in [4.78, 5) is 14.7. The van der Waals surface area contributed by atoms with Crippen LogP contribution in [0.2, 0.25) is 0 Å². The highest BCUT2D eigenvalue weighted by atomic mass is 16.5. The largest absolute Gasteiger partial charge is 0.497 e. The lowest BCUT2D eigenvalue weighted by molar-refractivity contribution is -0.122. The molecule has 2 aliphatic rings. The normalized spacial score (nSPS) is 23.7. The van der Waals surface area contributed by atoms with Gasteiger partial charge in [-0.3, -0.25) is 4.79 Å². The van der Waals surface area contributed by atoms with Gasteiger partial charge < -0.3 is 15.0 Å². The van der Waals surface area contributed by atoms with E-state index in [1.807, 2.05) is 12.1 Å². The van der Waals surface area contributed by atoms with Crippen LogP contribution in [0.25, 0.3) is 0 Å². The van der Waals surface area contributed by atoms with Crippen molar-refractivity contribution in [3.05, 3.63) is 29.8 Å². The van der Waals surface area contributed by atoms with E-state index in [1.54, 1.807) is 7.11 Å². The molecule has 1 N–H and O–H groups in total. The van der Waals surface area contributed by atoms with Crippen molar-refractivity contribution >= 4 is 5.91 Å². The van der Waals surface area contributed by atoms with Gasteiger partial charge in [0.1, 0.15) is 5.75 Å². The molecule has 1 saturated heterocycles. The first-order valence-corrected chi connectivity index (χ1v) is 8.92. The van der Waals surface area contributed by atoms with Gasteiger partial charge in [-0.25, -0.2) is 0 Å². The fraction of sp³-hybridized carbons (Fsp3) is 0.632. The van der Waals surface area contributed by atoms with Gasteiger partial charge in [0.05, 0.1) is 7.11 Å². The number of likely N-dealkylation sites (tertiary alicyclic amines) is 1. The van der Waals surface area contributed by atoms with E-state index < -0.39 is 0 Å². The third-order valence-electron chi connectivity index (χ3n) is 5.07. The molecule has 0 spiro atoms. The topological polar surface area (TPSA) is 41.6 Å². The number of nitrogens with zero attached hydrogens (tertiary/aromatic N) is 1. The van der Waals surface area contributed by atoms with Crippen LogP contribution in [0.3, 0.4) is 0 Å². The van der Waals surface area contributed by atoms with Crippen LogP contribution in [0.15, 0.2) is 24.3 Å². The van der Waals surface area contributed by atoms with Crippen molar-refractivity contribution in [2.75, 3.05) is 33.3 Å². The molecular weight excluding hydrogens is 288 g/mol. The molecule has 0 bridgehead atoms. The number of nitrogens with one attached hydrogen (secondary N) is 1. The number of methoxy groups -OCH3 is 1. The van der Waals surface area contributed by atoms with E-state index in [2.05, 4.69) is 22.3 Å². The summed E-state index contributed by atoms with van der Waals surface area (Å²) in [5, 5.41) is 3.11. The van der Waals surface area contributed by atoms with E-state index >= 15 is 0 Å². The van der Waals surface area contributed by atoms with Crippen LogP contribution in [0.5, 0.6) is 5.75 Å². The van der Waals surface area contributed by atoms with Crippen molar-refractivity contribution in [2.24, 2.45) is 5.92 Å². The second-order valence-electron chi connectivity index (χ2n) is 6.77. The van der Waals surface area contributed by atoms with Gasteiger partial charge in [0.15, 0.2) is 0 Å². The molecule has 1 aliphatic heterocycles. The minimum absolute atomic E-state index is 0.168. The van der Waals surface area contributed by atoms with Crippen LogP contribution < -0.4 is 10.1 Å². The first kappa shape index (κ1) is 16.3. The summed E-state index contributed by atoms with van der Waals surface area (Å²) in [7, 11) is 1.67. The molecule has 1 heterocycles. The van der Waals surface area contributed by atoms with Gasteiger partial charge in [0.25, 0.3) is 0 Å². The summed E-state index contributed by atoms with van der Waals surface area (Å²) in [6.07, 6.45) is 5.96. The summed E-state index contributed by atoms with van der Waals surface area (Å²) >= 11 is 0. The van der Waals surface area contributed by atoms with E-state index in [4.69, 9.17) is 4.74 Å².